The van der Waals surface area contributed by atoms with E-state index >= 15 is 0 Å². The van der Waals surface area contributed by atoms with Crippen molar-refractivity contribution in [3.8, 4) is 5.75 Å². The van der Waals surface area contributed by atoms with E-state index in [0.29, 0.717) is 28.9 Å². The van der Waals surface area contributed by atoms with Crippen molar-refractivity contribution in [3.63, 3.8) is 0 Å². The third-order valence-electron chi connectivity index (χ3n) is 7.95. The number of nitrogens with zero attached hydrogens (tertiary/aromatic N) is 1. The minimum atomic E-state index is -4.50. The molecule has 0 saturated carbocycles. The molecular weight excluding hydrogens is 510 g/mol. The van der Waals surface area contributed by atoms with Gasteiger partial charge in [0.05, 0.1) is 18.7 Å². The van der Waals surface area contributed by atoms with Gasteiger partial charge in [0, 0.05) is 18.2 Å². The Balaban J connectivity index is 1.74. The van der Waals surface area contributed by atoms with Crippen LogP contribution in [-0.2, 0) is 10.9 Å². The average molecular weight is 548 g/mol. The molecule has 4 rings (SSSR count). The first-order valence-electron chi connectivity index (χ1n) is 13.4. The Morgan fingerprint density at radius 3 is 2.46 bits per heavy atom. The van der Waals surface area contributed by atoms with Gasteiger partial charge in [-0.15, -0.1) is 0 Å². The highest BCUT2D eigenvalue weighted by molar-refractivity contribution is 5.77. The normalized spacial score (nSPS) is 21.5. The third kappa shape index (κ3) is 5.94. The molecule has 212 valence electrons. The van der Waals surface area contributed by atoms with Crippen molar-refractivity contribution < 1.29 is 31.8 Å². The summed E-state index contributed by atoms with van der Waals surface area (Å²) in [7, 11) is 1.52. The molecule has 2 atom stereocenters. The number of allylic oxidation sites excluding steroid dienone is 1. The van der Waals surface area contributed by atoms with E-state index in [1.54, 1.807) is 24.8 Å². The third-order valence-corrected chi connectivity index (χ3v) is 7.95. The number of halogens is 4. The van der Waals surface area contributed by atoms with Crippen molar-refractivity contribution >= 4 is 11.7 Å². The van der Waals surface area contributed by atoms with Crippen molar-refractivity contribution in [1.82, 2.24) is 4.90 Å². The van der Waals surface area contributed by atoms with Gasteiger partial charge < -0.3 is 9.47 Å². The Kier molecular flexibility index (Phi) is 7.80. The molecule has 8 heteroatoms. The van der Waals surface area contributed by atoms with Gasteiger partial charge in [0.1, 0.15) is 17.7 Å². The summed E-state index contributed by atoms with van der Waals surface area (Å²) in [6.07, 6.45) is -3.53. The van der Waals surface area contributed by atoms with Crippen LogP contribution in [0.4, 0.5) is 22.4 Å². The number of carbonyl (C=O) groups is 1. The second kappa shape index (κ2) is 10.5. The summed E-state index contributed by atoms with van der Waals surface area (Å²) in [6.45, 7) is 11.9. The highest BCUT2D eigenvalue weighted by Gasteiger charge is 2.42. The zero-order valence-electron chi connectivity index (χ0n) is 23.6. The molecule has 2 aromatic rings. The molecule has 1 amide bonds. The molecule has 0 aromatic heterocycles. The number of rotatable bonds is 6. The first kappa shape index (κ1) is 29.0. The monoisotopic (exact) mass is 547 g/mol. The van der Waals surface area contributed by atoms with Crippen LogP contribution in [0.25, 0.3) is 5.57 Å². The molecule has 0 bridgehead atoms. The van der Waals surface area contributed by atoms with Gasteiger partial charge in [0.25, 0.3) is 0 Å². The quantitative estimate of drug-likeness (QED) is 0.339. The number of benzene rings is 2. The summed E-state index contributed by atoms with van der Waals surface area (Å²) >= 11 is 0. The van der Waals surface area contributed by atoms with E-state index in [-0.39, 0.29) is 23.7 Å². The Labute approximate surface area is 228 Å². The lowest BCUT2D eigenvalue weighted by Gasteiger charge is -2.36. The fourth-order valence-corrected chi connectivity index (χ4v) is 5.81. The molecule has 1 saturated heterocycles. The van der Waals surface area contributed by atoms with Crippen molar-refractivity contribution in [2.75, 3.05) is 13.7 Å². The van der Waals surface area contributed by atoms with Gasteiger partial charge in [-0.3, -0.25) is 4.90 Å². The number of ether oxygens (including phenoxy) is 2. The van der Waals surface area contributed by atoms with E-state index in [0.717, 1.165) is 41.7 Å². The standard InChI is InChI=1S/C31H37F4NO3/c1-17(2)24-13-25(27(38-7)14-26(24)32)23-8-9-30(5,6)15-21(23)16-36-19(4)28(39-29(36)37)20-10-18(3)11-22(12-20)31(33,34)35/h10-14,17,19,28H,8-9,15-16H2,1-7H3/t19-,28-/m0/s1. The summed E-state index contributed by atoms with van der Waals surface area (Å²) in [5.74, 6) is 0.0994. The summed E-state index contributed by atoms with van der Waals surface area (Å²) in [5, 5.41) is 0. The second-order valence-electron chi connectivity index (χ2n) is 12.0. The van der Waals surface area contributed by atoms with Crippen LogP contribution in [0.3, 0.4) is 0 Å². The van der Waals surface area contributed by atoms with E-state index in [1.807, 2.05) is 19.9 Å². The molecule has 1 heterocycles. The van der Waals surface area contributed by atoms with Gasteiger partial charge >= 0.3 is 12.3 Å². The maximum atomic E-state index is 14.8. The lowest BCUT2D eigenvalue weighted by Crippen LogP contribution is -2.35. The van der Waals surface area contributed by atoms with Crippen molar-refractivity contribution in [2.45, 2.75) is 85.0 Å². The number of hydrogen-bond donors (Lipinski definition) is 0. The lowest BCUT2D eigenvalue weighted by atomic mass is 9.72. The van der Waals surface area contributed by atoms with Crippen LogP contribution in [-0.4, -0.2) is 30.7 Å². The maximum absolute atomic E-state index is 14.8. The number of hydrogen-bond acceptors (Lipinski definition) is 3. The number of amides is 1. The predicted octanol–water partition coefficient (Wildman–Crippen LogP) is 8.83. The van der Waals surface area contributed by atoms with Gasteiger partial charge in [-0.1, -0.05) is 39.3 Å². The van der Waals surface area contributed by atoms with Crippen LogP contribution in [0.1, 0.15) is 93.7 Å². The minimum absolute atomic E-state index is 0.0165. The van der Waals surface area contributed by atoms with E-state index in [1.165, 1.54) is 13.2 Å². The van der Waals surface area contributed by atoms with Gasteiger partial charge in [0.15, 0.2) is 0 Å². The fourth-order valence-electron chi connectivity index (χ4n) is 5.81. The molecule has 1 fully saturated rings. The van der Waals surface area contributed by atoms with Crippen LogP contribution >= 0.6 is 0 Å². The Morgan fingerprint density at radius 1 is 1.15 bits per heavy atom. The zero-order chi connectivity index (χ0) is 28.9. The number of aryl methyl sites for hydroxylation is 1. The predicted molar refractivity (Wildman–Crippen MR) is 143 cm³/mol. The summed E-state index contributed by atoms with van der Waals surface area (Å²) in [5.41, 5.74) is 3.45. The lowest BCUT2D eigenvalue weighted by molar-refractivity contribution is -0.137. The Bertz CT molecular complexity index is 1300. The van der Waals surface area contributed by atoms with E-state index < -0.39 is 30.0 Å². The van der Waals surface area contributed by atoms with Gasteiger partial charge in [-0.25, -0.2) is 9.18 Å². The molecule has 2 aliphatic rings. The molecule has 0 N–H and O–H groups in total. The number of alkyl halides is 3. The molecule has 39 heavy (non-hydrogen) atoms. The van der Waals surface area contributed by atoms with Crippen LogP contribution < -0.4 is 4.74 Å². The highest BCUT2D eigenvalue weighted by Crippen LogP contribution is 2.46. The molecule has 4 nitrogen and oxygen atoms in total. The van der Waals surface area contributed by atoms with Crippen molar-refractivity contribution in [1.29, 1.82) is 0 Å². The summed E-state index contributed by atoms with van der Waals surface area (Å²) < 4.78 is 66.5. The van der Waals surface area contributed by atoms with Gasteiger partial charge in [-0.2, -0.15) is 13.2 Å². The van der Waals surface area contributed by atoms with Gasteiger partial charge in [-0.05, 0) is 84.9 Å². The molecular formula is C31H37F4NO3. The Hall–Kier alpha value is -3.03. The molecule has 1 aliphatic carbocycles. The topological polar surface area (TPSA) is 38.8 Å². The first-order chi connectivity index (χ1) is 18.1. The average Bonchev–Trinajstić information content (AvgIpc) is 3.11. The molecule has 1 aliphatic heterocycles. The van der Waals surface area contributed by atoms with Crippen LogP contribution in [0, 0.1) is 18.2 Å². The number of carbonyl (C=O) groups excluding carboxylic acids is 1. The van der Waals surface area contributed by atoms with E-state index in [4.69, 9.17) is 9.47 Å². The minimum Gasteiger partial charge on any atom is -0.496 e. The summed E-state index contributed by atoms with van der Waals surface area (Å²) in [4.78, 5) is 14.7. The molecule has 0 radical (unpaired) electrons. The van der Waals surface area contributed by atoms with Crippen LogP contribution in [0.5, 0.6) is 5.75 Å². The van der Waals surface area contributed by atoms with E-state index in [2.05, 4.69) is 13.8 Å². The number of methoxy groups -OCH3 is 1. The first-order valence-corrected chi connectivity index (χ1v) is 13.4. The van der Waals surface area contributed by atoms with Crippen LogP contribution in [0.2, 0.25) is 0 Å². The SMILES string of the molecule is COc1cc(F)c(C(C)C)cc1C1=C(CN2C(=O)O[C@H](c3cc(C)cc(C(F)(F)F)c3)[C@@H]2C)CC(C)(C)CC1. The van der Waals surface area contributed by atoms with Crippen LogP contribution in [0.15, 0.2) is 35.9 Å². The van der Waals surface area contributed by atoms with Crippen molar-refractivity contribution in [3.05, 3.63) is 69.5 Å². The van der Waals surface area contributed by atoms with Gasteiger partial charge in [0.2, 0.25) is 0 Å². The summed E-state index contributed by atoms with van der Waals surface area (Å²) in [6, 6.07) is 6.58. The zero-order valence-corrected chi connectivity index (χ0v) is 23.6. The molecule has 0 spiro atoms. The fraction of sp³-hybridized carbons (Fsp3) is 0.516. The highest BCUT2D eigenvalue weighted by atomic mass is 19.4. The maximum Gasteiger partial charge on any atom is 0.416 e. The Morgan fingerprint density at radius 2 is 1.85 bits per heavy atom. The largest absolute Gasteiger partial charge is 0.496 e. The van der Waals surface area contributed by atoms with Crippen molar-refractivity contribution in [2.24, 2.45) is 5.41 Å². The smallest absolute Gasteiger partial charge is 0.416 e. The molecule has 2 aromatic carbocycles. The number of cyclic esters (lactones) is 1. The molecule has 0 unspecified atom stereocenters. The van der Waals surface area contributed by atoms with E-state index in [9.17, 15) is 22.4 Å². The second-order valence-corrected chi connectivity index (χ2v) is 12.0.